The Bertz CT molecular complexity index is 843. The van der Waals surface area contributed by atoms with Gasteiger partial charge in [-0.2, -0.15) is 0 Å². The van der Waals surface area contributed by atoms with E-state index in [1.807, 2.05) is 25.1 Å². The predicted octanol–water partition coefficient (Wildman–Crippen LogP) is 3.00. The number of nitrogens with zero attached hydrogens (tertiary/aromatic N) is 3. The molecular weight excluding hydrogens is 420 g/mol. The molecule has 0 fully saturated rings. The van der Waals surface area contributed by atoms with Gasteiger partial charge in [0.2, 0.25) is 11.0 Å². The summed E-state index contributed by atoms with van der Waals surface area (Å²) < 4.78 is 21.3. The zero-order valence-electron chi connectivity index (χ0n) is 18.4. The largest absolute Gasteiger partial charge is 0.493 e. The van der Waals surface area contributed by atoms with Gasteiger partial charge in [-0.05, 0) is 37.0 Å². The second kappa shape index (κ2) is 13.7. The lowest BCUT2D eigenvalue weighted by molar-refractivity contribution is -0.118. The van der Waals surface area contributed by atoms with Crippen molar-refractivity contribution in [3.63, 3.8) is 0 Å². The molecule has 1 aromatic carbocycles. The molecule has 0 bridgehead atoms. The Balaban J connectivity index is 1.93. The quantitative estimate of drug-likeness (QED) is 0.268. The molecule has 0 saturated carbocycles. The van der Waals surface area contributed by atoms with Crippen molar-refractivity contribution in [3.8, 4) is 11.5 Å². The first kappa shape index (κ1) is 24.7. The van der Waals surface area contributed by atoms with Crippen LogP contribution in [0.25, 0.3) is 0 Å². The van der Waals surface area contributed by atoms with Gasteiger partial charge in [0, 0.05) is 20.4 Å². The maximum Gasteiger partial charge on any atom is 0.234 e. The molecule has 0 saturated heterocycles. The normalized spacial score (nSPS) is 12.1. The second-order valence-electron chi connectivity index (χ2n) is 6.54. The Morgan fingerprint density at radius 2 is 2.10 bits per heavy atom. The highest BCUT2D eigenvalue weighted by Gasteiger charge is 2.18. The Labute approximate surface area is 186 Å². The Kier molecular flexibility index (Phi) is 10.9. The van der Waals surface area contributed by atoms with Crippen LogP contribution in [0.2, 0.25) is 0 Å². The molecule has 1 amide bonds. The van der Waals surface area contributed by atoms with Crippen LogP contribution < -0.4 is 14.8 Å². The monoisotopic (exact) mass is 450 g/mol. The maximum absolute atomic E-state index is 12.7. The molecule has 0 radical (unpaired) electrons. The second-order valence-corrected chi connectivity index (χ2v) is 7.61. The third kappa shape index (κ3) is 8.23. The molecule has 0 aliphatic rings. The van der Waals surface area contributed by atoms with Crippen LogP contribution in [-0.4, -0.2) is 63.6 Å². The molecule has 1 N–H and O–H groups in total. The number of aromatic nitrogens is 2. The molecule has 2 rings (SSSR count). The summed E-state index contributed by atoms with van der Waals surface area (Å²) >= 11 is 1.38. The molecule has 0 aliphatic carbocycles. The van der Waals surface area contributed by atoms with E-state index in [9.17, 15) is 4.79 Å². The summed E-state index contributed by atoms with van der Waals surface area (Å²) in [6, 6.07) is 5.69. The summed E-state index contributed by atoms with van der Waals surface area (Å²) in [4.78, 5) is 16.7. The highest BCUT2D eigenvalue weighted by atomic mass is 32.1. The highest BCUT2D eigenvalue weighted by Crippen LogP contribution is 2.29. The number of carbonyl (C=O) groups is 1. The lowest BCUT2D eigenvalue weighted by Gasteiger charge is -2.14. The molecule has 0 spiro atoms. The highest BCUT2D eigenvalue weighted by molar-refractivity contribution is 7.15. The maximum atomic E-state index is 12.7. The number of aryl methyl sites for hydroxylation is 2. The van der Waals surface area contributed by atoms with Crippen molar-refractivity contribution in [2.45, 2.75) is 26.2 Å². The van der Waals surface area contributed by atoms with E-state index >= 15 is 0 Å². The summed E-state index contributed by atoms with van der Waals surface area (Å²) in [6.45, 7) is 3.07. The number of nitrogens with one attached hydrogen (secondary N) is 1. The topological polar surface area (TPSA) is 104 Å². The van der Waals surface area contributed by atoms with Crippen LogP contribution in [0.15, 0.2) is 23.2 Å². The van der Waals surface area contributed by atoms with E-state index in [4.69, 9.17) is 18.9 Å². The third-order valence-corrected chi connectivity index (χ3v) is 5.35. The molecular formula is C21H30N4O5S. The van der Waals surface area contributed by atoms with Crippen molar-refractivity contribution in [1.82, 2.24) is 10.2 Å². The number of hydrogen-bond donors (Lipinski definition) is 1. The van der Waals surface area contributed by atoms with Crippen molar-refractivity contribution in [3.05, 3.63) is 28.8 Å². The number of benzene rings is 1. The van der Waals surface area contributed by atoms with Crippen LogP contribution in [0.5, 0.6) is 11.5 Å². The van der Waals surface area contributed by atoms with Crippen LogP contribution in [0, 0.1) is 5.92 Å². The third-order valence-electron chi connectivity index (χ3n) is 4.37. The van der Waals surface area contributed by atoms with Crippen LogP contribution in [0.4, 0.5) is 5.13 Å². The molecule has 1 aromatic heterocycles. The van der Waals surface area contributed by atoms with Gasteiger partial charge < -0.3 is 23.9 Å². The molecule has 31 heavy (non-hydrogen) atoms. The van der Waals surface area contributed by atoms with Crippen molar-refractivity contribution < 1.29 is 23.7 Å². The number of ether oxygens (including phenoxy) is 4. The van der Waals surface area contributed by atoms with E-state index in [0.717, 1.165) is 17.0 Å². The number of aliphatic imine (C=N–C) groups is 1. The number of carbonyl (C=O) groups excluding carboxylic acids is 1. The van der Waals surface area contributed by atoms with Gasteiger partial charge in [-0.25, -0.2) is 0 Å². The lowest BCUT2D eigenvalue weighted by Crippen LogP contribution is -2.24. The van der Waals surface area contributed by atoms with E-state index in [1.165, 1.54) is 11.3 Å². The van der Waals surface area contributed by atoms with Crippen LogP contribution in [0.3, 0.4) is 0 Å². The van der Waals surface area contributed by atoms with Crippen LogP contribution in [0.1, 0.15) is 23.9 Å². The number of methoxy groups -OCH3 is 2. The van der Waals surface area contributed by atoms with Gasteiger partial charge in [0.1, 0.15) is 5.01 Å². The molecule has 1 unspecified atom stereocenters. The minimum absolute atomic E-state index is 0.111. The zero-order valence-corrected chi connectivity index (χ0v) is 19.2. The zero-order chi connectivity index (χ0) is 22.5. The SMILES string of the molecule is CCc1nnc(NC(=O)C(C=NC)CCc2ccc(OCOCCOC)c(OC)c2)s1. The molecule has 2 aromatic rings. The Hall–Kier alpha value is -2.56. The summed E-state index contributed by atoms with van der Waals surface area (Å²) in [5.74, 6) is 0.676. The first-order valence-corrected chi connectivity index (χ1v) is 10.8. The van der Waals surface area contributed by atoms with Crippen molar-refractivity contribution in [2.75, 3.05) is 46.6 Å². The average Bonchev–Trinajstić information content (AvgIpc) is 3.24. The minimum Gasteiger partial charge on any atom is -0.493 e. The number of rotatable bonds is 14. The van der Waals surface area contributed by atoms with Gasteiger partial charge in [0.25, 0.3) is 0 Å². The van der Waals surface area contributed by atoms with Gasteiger partial charge in [0.15, 0.2) is 18.3 Å². The van der Waals surface area contributed by atoms with Crippen LogP contribution >= 0.6 is 11.3 Å². The van der Waals surface area contributed by atoms with Gasteiger partial charge in [-0.3, -0.25) is 10.1 Å². The van der Waals surface area contributed by atoms with Gasteiger partial charge in [-0.15, -0.1) is 10.2 Å². The van der Waals surface area contributed by atoms with E-state index in [0.29, 0.717) is 42.7 Å². The number of hydrogen-bond acceptors (Lipinski definition) is 9. The summed E-state index contributed by atoms with van der Waals surface area (Å²) in [5, 5.41) is 12.3. The fourth-order valence-electron chi connectivity index (χ4n) is 2.71. The molecule has 9 nitrogen and oxygen atoms in total. The van der Waals surface area contributed by atoms with Gasteiger partial charge >= 0.3 is 0 Å². The Morgan fingerprint density at radius 1 is 1.26 bits per heavy atom. The lowest BCUT2D eigenvalue weighted by atomic mass is 9.99. The molecule has 10 heteroatoms. The molecule has 1 atom stereocenters. The van der Waals surface area contributed by atoms with E-state index in [1.54, 1.807) is 27.5 Å². The van der Waals surface area contributed by atoms with Crippen molar-refractivity contribution >= 4 is 28.6 Å². The first-order chi connectivity index (χ1) is 15.1. The van der Waals surface area contributed by atoms with Crippen LogP contribution in [-0.2, 0) is 27.1 Å². The summed E-state index contributed by atoms with van der Waals surface area (Å²) in [6.07, 6.45) is 3.70. The van der Waals surface area contributed by atoms with Gasteiger partial charge in [-0.1, -0.05) is 24.3 Å². The number of amides is 1. The first-order valence-electron chi connectivity index (χ1n) is 10.0. The van der Waals surface area contributed by atoms with Gasteiger partial charge in [0.05, 0.1) is 26.2 Å². The predicted molar refractivity (Wildman–Crippen MR) is 120 cm³/mol. The Morgan fingerprint density at radius 3 is 2.77 bits per heavy atom. The average molecular weight is 451 g/mol. The summed E-state index contributed by atoms with van der Waals surface area (Å²) in [5.41, 5.74) is 1.02. The summed E-state index contributed by atoms with van der Waals surface area (Å²) in [7, 11) is 4.86. The van der Waals surface area contributed by atoms with E-state index < -0.39 is 0 Å². The smallest absolute Gasteiger partial charge is 0.234 e. The van der Waals surface area contributed by atoms with Crippen molar-refractivity contribution in [1.29, 1.82) is 0 Å². The fourth-order valence-corrected chi connectivity index (χ4v) is 3.40. The minimum atomic E-state index is -0.380. The number of anilines is 1. The fraction of sp³-hybridized carbons (Fsp3) is 0.524. The molecule has 0 aliphatic heterocycles. The van der Waals surface area contributed by atoms with E-state index in [-0.39, 0.29) is 18.6 Å². The molecule has 170 valence electrons. The standard InChI is InChI=1S/C21H30N4O5S/c1-5-19-24-25-21(31-19)23-20(26)16(13-22-2)8-6-15-7-9-17(18(12-15)28-4)30-14-29-11-10-27-3/h7,9,12-13,16H,5-6,8,10-11,14H2,1-4H3,(H,23,25,26). The van der Waals surface area contributed by atoms with Crippen molar-refractivity contribution in [2.24, 2.45) is 10.9 Å². The van der Waals surface area contributed by atoms with E-state index in [2.05, 4.69) is 20.5 Å². The molecule has 1 heterocycles.